The molecule has 1 aromatic carbocycles. The van der Waals surface area contributed by atoms with Gasteiger partial charge < -0.3 is 10.6 Å². The maximum Gasteiger partial charge on any atom is 0.237 e. The molecule has 2 atom stereocenters. The number of fused-ring (bicyclic) bond motifs is 1. The van der Waals surface area contributed by atoms with Crippen LogP contribution in [0.5, 0.6) is 0 Å². The van der Waals surface area contributed by atoms with E-state index in [1.807, 2.05) is 6.92 Å². The second-order valence-corrected chi connectivity index (χ2v) is 6.18. The summed E-state index contributed by atoms with van der Waals surface area (Å²) in [7, 11) is 0. The Hall–Kier alpha value is -1.39. The normalized spacial score (nSPS) is 24.1. The van der Waals surface area contributed by atoms with E-state index >= 15 is 0 Å². The summed E-state index contributed by atoms with van der Waals surface area (Å²) in [5.41, 5.74) is 2.84. The van der Waals surface area contributed by atoms with Crippen LogP contribution in [0.4, 0.5) is 0 Å². The predicted molar refractivity (Wildman–Crippen MR) is 84.3 cm³/mol. The van der Waals surface area contributed by atoms with Crippen LogP contribution in [0.1, 0.15) is 24.5 Å². The van der Waals surface area contributed by atoms with Crippen molar-refractivity contribution in [3.63, 3.8) is 0 Å². The van der Waals surface area contributed by atoms with Gasteiger partial charge in [-0.05, 0) is 37.3 Å². The van der Waals surface area contributed by atoms with E-state index in [0.29, 0.717) is 0 Å². The number of nitrogens with zero attached hydrogens (tertiary/aromatic N) is 1. The van der Waals surface area contributed by atoms with Gasteiger partial charge in [-0.2, -0.15) is 0 Å². The molecule has 0 saturated carbocycles. The smallest absolute Gasteiger partial charge is 0.237 e. The highest BCUT2D eigenvalue weighted by Crippen LogP contribution is 2.21. The Bertz CT molecular complexity index is 497. The number of carbonyl (C=O) groups excluding carboxylic acids is 1. The number of hydrogen-bond acceptors (Lipinski definition) is 3. The van der Waals surface area contributed by atoms with Crippen LogP contribution in [0.15, 0.2) is 24.3 Å². The number of hydrogen-bond donors (Lipinski definition) is 2. The van der Waals surface area contributed by atoms with E-state index in [1.54, 1.807) is 0 Å². The first-order valence-corrected chi connectivity index (χ1v) is 8.06. The van der Waals surface area contributed by atoms with Crippen LogP contribution in [-0.4, -0.2) is 49.1 Å². The molecule has 1 fully saturated rings. The molecule has 4 heteroatoms. The fraction of sp³-hybridized carbons (Fsp3) is 0.588. The molecule has 21 heavy (non-hydrogen) atoms. The summed E-state index contributed by atoms with van der Waals surface area (Å²) in [6, 6.07) is 8.85. The minimum Gasteiger partial charge on any atom is -0.352 e. The number of nitrogens with one attached hydrogen (secondary N) is 2. The summed E-state index contributed by atoms with van der Waals surface area (Å²) in [6.07, 6.45) is 3.09. The molecular weight excluding hydrogens is 262 g/mol. The molecule has 2 unspecified atom stereocenters. The molecule has 1 aliphatic heterocycles. The Morgan fingerprint density at radius 3 is 2.76 bits per heavy atom. The Morgan fingerprint density at radius 1 is 1.29 bits per heavy atom. The summed E-state index contributed by atoms with van der Waals surface area (Å²) in [5, 5.41) is 6.58. The van der Waals surface area contributed by atoms with Crippen LogP contribution in [0.25, 0.3) is 0 Å². The zero-order valence-electron chi connectivity index (χ0n) is 12.8. The zero-order chi connectivity index (χ0) is 14.7. The molecule has 1 aromatic rings. The lowest BCUT2D eigenvalue weighted by molar-refractivity contribution is -0.126. The number of piperazine rings is 1. The maximum absolute atomic E-state index is 12.4. The van der Waals surface area contributed by atoms with Crippen molar-refractivity contribution in [2.24, 2.45) is 0 Å². The fourth-order valence-electron chi connectivity index (χ4n) is 3.38. The third kappa shape index (κ3) is 3.44. The summed E-state index contributed by atoms with van der Waals surface area (Å²) in [5.74, 6) is 0.182. The maximum atomic E-state index is 12.4. The average molecular weight is 287 g/mol. The largest absolute Gasteiger partial charge is 0.352 e. The van der Waals surface area contributed by atoms with Gasteiger partial charge in [-0.25, -0.2) is 0 Å². The number of aryl methyl sites for hydroxylation is 1. The number of rotatable bonds is 3. The molecular formula is C17H25N3O. The summed E-state index contributed by atoms with van der Waals surface area (Å²) in [6.45, 7) is 5.91. The topological polar surface area (TPSA) is 44.4 Å². The lowest BCUT2D eigenvalue weighted by Crippen LogP contribution is -2.54. The third-order valence-corrected chi connectivity index (χ3v) is 4.77. The van der Waals surface area contributed by atoms with Crippen molar-refractivity contribution in [1.82, 2.24) is 15.5 Å². The van der Waals surface area contributed by atoms with Crippen molar-refractivity contribution in [2.75, 3.05) is 26.2 Å². The van der Waals surface area contributed by atoms with Gasteiger partial charge in [0.1, 0.15) is 0 Å². The number of benzene rings is 1. The van der Waals surface area contributed by atoms with Crippen molar-refractivity contribution >= 4 is 5.91 Å². The molecule has 1 amide bonds. The SMILES string of the molecule is CC(C(=O)NC1CCc2ccccc2C1)N1CCNCC1. The molecule has 3 rings (SSSR count). The quantitative estimate of drug-likeness (QED) is 0.870. The summed E-state index contributed by atoms with van der Waals surface area (Å²) in [4.78, 5) is 14.7. The van der Waals surface area contributed by atoms with E-state index in [-0.39, 0.29) is 18.0 Å². The Morgan fingerprint density at radius 2 is 2.00 bits per heavy atom. The molecule has 4 nitrogen and oxygen atoms in total. The van der Waals surface area contributed by atoms with Gasteiger partial charge in [0.2, 0.25) is 5.91 Å². The highest BCUT2D eigenvalue weighted by Gasteiger charge is 2.26. The monoisotopic (exact) mass is 287 g/mol. The van der Waals surface area contributed by atoms with E-state index in [2.05, 4.69) is 39.8 Å². The first kappa shape index (κ1) is 14.5. The van der Waals surface area contributed by atoms with E-state index in [1.165, 1.54) is 11.1 Å². The van der Waals surface area contributed by atoms with Gasteiger partial charge in [0.25, 0.3) is 0 Å². The van der Waals surface area contributed by atoms with Crippen LogP contribution < -0.4 is 10.6 Å². The van der Waals surface area contributed by atoms with Gasteiger partial charge in [-0.3, -0.25) is 9.69 Å². The molecule has 0 bridgehead atoms. The zero-order valence-corrected chi connectivity index (χ0v) is 12.8. The Labute approximate surface area is 126 Å². The molecule has 1 saturated heterocycles. The molecule has 1 aliphatic carbocycles. The minimum absolute atomic E-state index is 0.0238. The number of carbonyl (C=O) groups is 1. The van der Waals surface area contributed by atoms with Crippen LogP contribution >= 0.6 is 0 Å². The minimum atomic E-state index is -0.0238. The highest BCUT2D eigenvalue weighted by atomic mass is 16.2. The third-order valence-electron chi connectivity index (χ3n) is 4.77. The molecule has 0 radical (unpaired) electrons. The standard InChI is InChI=1S/C17H25N3O/c1-13(20-10-8-18-9-11-20)17(21)19-16-7-6-14-4-2-3-5-15(14)12-16/h2-5,13,16,18H,6-12H2,1H3,(H,19,21). The van der Waals surface area contributed by atoms with Crippen molar-refractivity contribution in [3.8, 4) is 0 Å². The van der Waals surface area contributed by atoms with Gasteiger partial charge in [0.15, 0.2) is 0 Å². The molecule has 114 valence electrons. The van der Waals surface area contributed by atoms with E-state index < -0.39 is 0 Å². The average Bonchev–Trinajstić information content (AvgIpc) is 2.55. The van der Waals surface area contributed by atoms with E-state index in [9.17, 15) is 4.79 Å². The fourth-order valence-corrected chi connectivity index (χ4v) is 3.38. The van der Waals surface area contributed by atoms with E-state index in [4.69, 9.17) is 0 Å². The molecule has 2 N–H and O–H groups in total. The summed E-state index contributed by atoms with van der Waals surface area (Å²) >= 11 is 0. The Balaban J connectivity index is 1.56. The van der Waals surface area contributed by atoms with Gasteiger partial charge in [0.05, 0.1) is 6.04 Å². The van der Waals surface area contributed by atoms with Crippen molar-refractivity contribution in [2.45, 2.75) is 38.3 Å². The van der Waals surface area contributed by atoms with Gasteiger partial charge >= 0.3 is 0 Å². The lowest BCUT2D eigenvalue weighted by Gasteiger charge is -2.33. The van der Waals surface area contributed by atoms with Crippen LogP contribution in [0, 0.1) is 0 Å². The van der Waals surface area contributed by atoms with Crippen LogP contribution in [0.3, 0.4) is 0 Å². The molecule has 2 aliphatic rings. The second kappa shape index (κ2) is 6.58. The molecule has 1 heterocycles. The van der Waals surface area contributed by atoms with Crippen molar-refractivity contribution in [3.05, 3.63) is 35.4 Å². The van der Waals surface area contributed by atoms with Crippen LogP contribution in [-0.2, 0) is 17.6 Å². The Kier molecular flexibility index (Phi) is 4.56. The first-order valence-electron chi connectivity index (χ1n) is 8.06. The van der Waals surface area contributed by atoms with Gasteiger partial charge in [-0.15, -0.1) is 0 Å². The first-order chi connectivity index (χ1) is 10.2. The summed E-state index contributed by atoms with van der Waals surface area (Å²) < 4.78 is 0. The van der Waals surface area contributed by atoms with Gasteiger partial charge in [-0.1, -0.05) is 24.3 Å². The van der Waals surface area contributed by atoms with Crippen molar-refractivity contribution < 1.29 is 4.79 Å². The molecule has 0 spiro atoms. The van der Waals surface area contributed by atoms with Crippen LogP contribution in [0.2, 0.25) is 0 Å². The van der Waals surface area contributed by atoms with Crippen molar-refractivity contribution in [1.29, 1.82) is 0 Å². The predicted octanol–water partition coefficient (Wildman–Crippen LogP) is 0.954. The second-order valence-electron chi connectivity index (χ2n) is 6.18. The highest BCUT2D eigenvalue weighted by molar-refractivity contribution is 5.81. The number of amides is 1. The van der Waals surface area contributed by atoms with Gasteiger partial charge in [0, 0.05) is 32.2 Å². The lowest BCUT2D eigenvalue weighted by atomic mass is 9.88. The van der Waals surface area contributed by atoms with E-state index in [0.717, 1.165) is 45.4 Å². The molecule has 0 aromatic heterocycles.